The first-order chi connectivity index (χ1) is 60.3. The van der Waals surface area contributed by atoms with Gasteiger partial charge in [-0.2, -0.15) is 36.9 Å². The molecule has 0 amide bonds. The normalized spacial score (nSPS) is 11.0. The Morgan fingerprint density at radius 2 is 0.555 bits per heavy atom. The Hall–Kier alpha value is -0.210. The van der Waals surface area contributed by atoms with Gasteiger partial charge in [0.05, 0.1) is 36.3 Å². The molecule has 4 radical (unpaired) electrons. The molecule has 20 nitrogen and oxygen atoms in total. The largest absolute Gasteiger partial charge is 0.400 e. The zero-order chi connectivity index (χ0) is 112. The number of allylic oxidation sites excluding steroid dienone is 2. The van der Waals surface area contributed by atoms with Crippen molar-refractivity contribution in [1.29, 1.82) is 10.5 Å². The van der Waals surface area contributed by atoms with Crippen LogP contribution < -0.4 is 0 Å². The number of ether oxygens (including phenoxy) is 8. The van der Waals surface area contributed by atoms with E-state index < -0.39 is 32.4 Å². The predicted molar refractivity (Wildman–Crippen MR) is 587 cm³/mol. The fraction of sp³-hybridized carbons (Fsp3) is 0.911. The van der Waals surface area contributed by atoms with Gasteiger partial charge in [0, 0.05) is 178 Å². The molecule has 0 aromatic heterocycles. The number of rotatable bonds is 19. The van der Waals surface area contributed by atoms with E-state index in [2.05, 4.69) is 230 Å². The molecular weight excluding hydrogens is 2120 g/mol. The van der Waals surface area contributed by atoms with Crippen LogP contribution in [-0.4, -0.2) is 263 Å². The van der Waals surface area contributed by atoms with Gasteiger partial charge in [-0.15, -0.1) is 23.2 Å². The molecule has 38 heteroatoms. The molecule has 2 unspecified atom stereocenters. The Balaban J connectivity index is -0.0000000252. The van der Waals surface area contributed by atoms with Crippen molar-refractivity contribution in [2.75, 3.05) is 174 Å². The smallest absolute Gasteiger partial charge is 0.386 e. The molecule has 0 aliphatic carbocycles. The van der Waals surface area contributed by atoms with E-state index >= 15 is 0 Å². The van der Waals surface area contributed by atoms with Gasteiger partial charge in [0.25, 0.3) is 0 Å². The maximum Gasteiger partial charge on any atom is 0.386 e. The number of nitriles is 2. The zero-order valence-corrected chi connectivity index (χ0v) is 103. The lowest BCUT2D eigenvalue weighted by atomic mass is 9.95. The highest BCUT2D eigenvalue weighted by atomic mass is 127. The first-order valence-corrected chi connectivity index (χ1v) is 54.1. The summed E-state index contributed by atoms with van der Waals surface area (Å²) in [5.74, 6) is 3.85. The maximum atomic E-state index is 11.6. The molecule has 2 rings (SSSR count). The third-order valence-electron chi connectivity index (χ3n) is 9.97. The molecule has 0 saturated carbocycles. The average molecular weight is 2330 g/mol. The Morgan fingerprint density at radius 3 is 0.586 bits per heavy atom. The van der Waals surface area contributed by atoms with Crippen molar-refractivity contribution in [2.45, 2.75) is 368 Å². The number of hydrogen-bond acceptors (Lipinski definition) is 18. The number of hydrogen-bond donors (Lipinski definition) is 2. The lowest BCUT2D eigenvalue weighted by Gasteiger charge is -2.19. The summed E-state index contributed by atoms with van der Waals surface area (Å²) < 4.78 is 165. The van der Waals surface area contributed by atoms with Gasteiger partial charge in [-0.25, -0.2) is 25.3 Å². The fourth-order valence-corrected chi connectivity index (χ4v) is 7.60. The number of aliphatic hydroxyl groups is 2. The van der Waals surface area contributed by atoms with E-state index in [1.807, 2.05) is 97.4 Å². The number of methoxy groups -OCH3 is 8. The molecule has 2 aliphatic heterocycles. The Kier molecular flexibility index (Phi) is 488. The second-order valence-corrected chi connectivity index (χ2v) is 25.2. The van der Waals surface area contributed by atoms with Crippen LogP contribution in [0.15, 0.2) is 21.0 Å². The molecule has 2 aliphatic rings. The van der Waals surface area contributed by atoms with Gasteiger partial charge in [0.2, 0.25) is 36.0 Å². The molecule has 0 saturated heterocycles. The Morgan fingerprint density at radius 1 is 0.414 bits per heavy atom. The van der Waals surface area contributed by atoms with E-state index in [4.69, 9.17) is 65.2 Å². The third kappa shape index (κ3) is 402. The molecule has 0 spiro atoms. The van der Waals surface area contributed by atoms with Crippen LogP contribution in [0.25, 0.3) is 0 Å². The summed E-state index contributed by atoms with van der Waals surface area (Å²) in [7, 11) is 23.9. The Labute approximate surface area is 852 Å². The van der Waals surface area contributed by atoms with E-state index in [-0.39, 0.29) is 31.8 Å². The summed E-state index contributed by atoms with van der Waals surface area (Å²) in [6.45, 7) is 71.4. The van der Waals surface area contributed by atoms with Gasteiger partial charge in [0.1, 0.15) is 13.6 Å². The fourth-order valence-electron chi connectivity index (χ4n) is 4.58. The lowest BCUT2D eigenvalue weighted by Crippen LogP contribution is -2.31. The first kappa shape index (κ1) is 224. The van der Waals surface area contributed by atoms with Gasteiger partial charge >= 0.3 is 12.4 Å². The highest BCUT2D eigenvalue weighted by Crippen LogP contribution is 2.34. The van der Waals surface area contributed by atoms with Crippen molar-refractivity contribution in [2.24, 2.45) is 5.92 Å². The van der Waals surface area contributed by atoms with Gasteiger partial charge in [-0.05, 0) is 113 Å². The van der Waals surface area contributed by atoms with Crippen molar-refractivity contribution in [3.63, 3.8) is 0 Å². The molecule has 0 aromatic rings. The number of aliphatic hydroxyl groups excluding tert-OH is 2. The second kappa shape index (κ2) is 279. The quantitative estimate of drug-likeness (QED) is 0.0400. The van der Waals surface area contributed by atoms with Gasteiger partial charge in [-0.3, -0.25) is 8.78 Å². The van der Waals surface area contributed by atoms with Crippen LogP contribution >= 0.6 is 100 Å². The van der Waals surface area contributed by atoms with Crippen molar-refractivity contribution >= 4 is 150 Å². The minimum absolute atomic E-state index is 0.188. The summed E-state index contributed by atoms with van der Waals surface area (Å²) in [4.78, 5) is 20.7. The van der Waals surface area contributed by atoms with Crippen LogP contribution in [0.4, 0.5) is 35.1 Å². The minimum Gasteiger partial charge on any atom is -0.400 e. The lowest BCUT2D eigenvalue weighted by molar-refractivity contribution is -0.111. The second-order valence-electron chi connectivity index (χ2n) is 21.2. The van der Waals surface area contributed by atoms with Crippen molar-refractivity contribution in [3.8, 4) is 12.1 Å². The van der Waals surface area contributed by atoms with Crippen LogP contribution in [0.5, 0.6) is 0 Å². The number of halogens is 14. The van der Waals surface area contributed by atoms with Crippen LogP contribution in [-0.2, 0) is 67.5 Å². The number of unbranched alkanes of at least 4 members (excludes halogenated alkanes) is 8. The molecule has 2 atom stereocenters. The summed E-state index contributed by atoms with van der Waals surface area (Å²) in [6, 6.07) is 3.10. The van der Waals surface area contributed by atoms with Crippen LogP contribution in [0.1, 0.15) is 344 Å². The van der Waals surface area contributed by atoms with Crippen molar-refractivity contribution in [1.82, 2.24) is 8.43 Å². The van der Waals surface area contributed by atoms with Crippen LogP contribution in [0.3, 0.4) is 0 Å². The number of nitrogens with zero attached hydrogens (tertiary/aromatic N) is 4. The molecule has 0 bridgehead atoms. The highest BCUT2D eigenvalue weighted by molar-refractivity contribution is 14.1. The number of sulfonamides is 2. The van der Waals surface area contributed by atoms with Gasteiger partial charge in [-0.1, -0.05) is 319 Å². The monoisotopic (exact) mass is 2330 g/mol. The predicted octanol–water partition coefficient (Wildman–Crippen LogP) is 31.2. The van der Waals surface area contributed by atoms with E-state index in [1.54, 1.807) is 111 Å². The van der Waals surface area contributed by atoms with Gasteiger partial charge in [0.15, 0.2) is 0 Å². The number of carbonyl (C=O) groups excluding carboxylic acids is 2. The molecule has 2 heterocycles. The van der Waals surface area contributed by atoms with Gasteiger partial charge < -0.3 is 57.7 Å². The zero-order valence-electron chi connectivity index (χ0n) is 92.8. The SMILES string of the molecule is C=O.C=O.CBr.CBr.CC.CC.CC#N.CC#N.CC(F)(F)F.CC(F)(F)F.CCC.CCC.CCCC.CCCC.CCCCC.CCCCC.CCCCOC.CCCCOC.CCCOC.CCCOC.CCOC.CCOC.CCl.CCl.CF.CF.CI.CI.CO.CO.COC.COC.[B]N1C(C)C(C(C)C)=C(C)S1(=O)=O.[B]N1C(C)C(C)=C(C)S1(=O)=O. The summed E-state index contributed by atoms with van der Waals surface area (Å²) in [5.41, 5.74) is 1.75. The number of alkyl halides is 14. The maximum absolute atomic E-state index is 11.6. The van der Waals surface area contributed by atoms with Crippen molar-refractivity contribution in [3.05, 3.63) is 21.0 Å². The average Bonchev–Trinajstić information content (AvgIpc) is 1.63. The summed E-state index contributed by atoms with van der Waals surface area (Å²) in [5, 5.41) is 28.6. The summed E-state index contributed by atoms with van der Waals surface area (Å²) in [6.07, 6.45) is 18.0. The number of carbonyl (C=O) groups is 2. The van der Waals surface area contributed by atoms with E-state index in [0.29, 0.717) is 24.2 Å². The van der Waals surface area contributed by atoms with E-state index in [9.17, 15) is 52.0 Å². The van der Waals surface area contributed by atoms with Crippen LogP contribution in [0.2, 0.25) is 0 Å². The Bertz CT molecular complexity index is 1720. The molecule has 0 fully saturated rings. The third-order valence-corrected chi connectivity index (χ3v) is 13.8. The van der Waals surface area contributed by atoms with E-state index in [0.717, 1.165) is 86.3 Å². The van der Waals surface area contributed by atoms with Crippen molar-refractivity contribution < 1.29 is 110 Å². The first-order valence-electron chi connectivity index (χ1n) is 42.3. The molecular formula is C90H216B2Br2Cl2F8I2N4O16S2. The molecule has 808 valence electrons. The molecule has 2 N–H and O–H groups in total. The standard InChI is InChI=1S/C8H14BNO2S.C6H10BNO2S.2C5H12O.2C5H12.2C4H10O.2C4H10.2C3H8O.2C3H8.2C2H3F3.2C2H3N.2C2H6O.2C2H6.2CH3Br.2CH3Cl.2CH3F.2CH3I.2CH4O.2CH2O/c1-5(2)8-6(3)10(9)13(11,12)7(8)4;1-4-5(2)8(7)11(9,10)6(4)3;2*1-3-4-5-6-2;2*1-3-5-4-2;2*1-3-4-5-2;4*1-3-4-2;2*1-3-2;2*1-2(3,4)5;2*1-2-3;2*1-3-2;14*1-2/h5-6H,1-4H3;5H,1-3H3;2*3-5H2,1-2H3;2*3-5H2,1-2H3;2*3-4H2,1-2H3;2*3-4H2,1-2H3;2*3H2,1-2H3;2*3H2,1-2H3;2*1H3;2*1H3;2*1-2H3;2*1-2H3;8*1H3;2*2H,1H3;2*1H2. The summed E-state index contributed by atoms with van der Waals surface area (Å²) >= 11 is 19.5. The van der Waals surface area contributed by atoms with Crippen LogP contribution in [0, 0.1) is 28.6 Å². The topological polar surface area (TPSA) is 271 Å². The highest BCUT2D eigenvalue weighted by Gasteiger charge is 2.38. The van der Waals surface area contributed by atoms with E-state index in [1.165, 1.54) is 129 Å². The molecule has 0 aromatic carbocycles. The molecule has 128 heavy (non-hydrogen) atoms. The minimum atomic E-state index is -4.00.